The summed E-state index contributed by atoms with van der Waals surface area (Å²) in [5.41, 5.74) is 0. The molecule has 0 aliphatic heterocycles. The Morgan fingerprint density at radius 3 is 2.40 bits per heavy atom. The standard InChI is InChI=1S/C16H30N2OS/c1-20-15-10-6-9-14(11-15)17-12-16(19)18-13-7-4-2-3-5-8-13/h13-15,17H,2-12H2,1H3,(H,18,19). The topological polar surface area (TPSA) is 41.1 Å². The highest BCUT2D eigenvalue weighted by atomic mass is 32.2. The quantitative estimate of drug-likeness (QED) is 0.766. The van der Waals surface area contributed by atoms with Crippen molar-refractivity contribution in [1.82, 2.24) is 10.6 Å². The van der Waals surface area contributed by atoms with Crippen LogP contribution in [0.4, 0.5) is 0 Å². The second kappa shape index (κ2) is 8.93. The Kier molecular flexibility index (Phi) is 7.22. The van der Waals surface area contributed by atoms with Gasteiger partial charge in [-0.25, -0.2) is 0 Å². The third-order valence-electron chi connectivity index (χ3n) is 4.73. The number of thioether (sulfide) groups is 1. The lowest BCUT2D eigenvalue weighted by molar-refractivity contribution is -0.121. The molecule has 2 aliphatic rings. The van der Waals surface area contributed by atoms with Gasteiger partial charge in [-0.05, 0) is 38.4 Å². The van der Waals surface area contributed by atoms with Gasteiger partial charge in [0.25, 0.3) is 0 Å². The molecule has 0 aromatic rings. The Bertz CT molecular complexity index is 290. The van der Waals surface area contributed by atoms with E-state index < -0.39 is 0 Å². The summed E-state index contributed by atoms with van der Waals surface area (Å²) in [5, 5.41) is 7.47. The van der Waals surface area contributed by atoms with E-state index in [1.165, 1.54) is 64.2 Å². The zero-order chi connectivity index (χ0) is 14.2. The van der Waals surface area contributed by atoms with Crippen molar-refractivity contribution in [2.24, 2.45) is 0 Å². The summed E-state index contributed by atoms with van der Waals surface area (Å²) < 4.78 is 0. The lowest BCUT2D eigenvalue weighted by Crippen LogP contribution is -2.44. The molecule has 2 fully saturated rings. The first-order valence-electron chi connectivity index (χ1n) is 8.33. The van der Waals surface area contributed by atoms with E-state index in [-0.39, 0.29) is 5.91 Å². The smallest absolute Gasteiger partial charge is 0.234 e. The molecule has 20 heavy (non-hydrogen) atoms. The van der Waals surface area contributed by atoms with E-state index >= 15 is 0 Å². The minimum absolute atomic E-state index is 0.197. The summed E-state index contributed by atoms with van der Waals surface area (Å²) in [6, 6.07) is 0.971. The summed E-state index contributed by atoms with van der Waals surface area (Å²) in [5.74, 6) is 0.197. The Hall–Kier alpha value is -0.220. The van der Waals surface area contributed by atoms with Gasteiger partial charge in [0.2, 0.25) is 5.91 Å². The maximum atomic E-state index is 12.0. The number of carbonyl (C=O) groups is 1. The first kappa shape index (κ1) is 16.2. The van der Waals surface area contributed by atoms with Crippen LogP contribution in [0.5, 0.6) is 0 Å². The first-order valence-corrected chi connectivity index (χ1v) is 9.62. The molecule has 116 valence electrons. The summed E-state index contributed by atoms with van der Waals surface area (Å²) in [7, 11) is 0. The van der Waals surface area contributed by atoms with E-state index in [0.717, 1.165) is 5.25 Å². The molecule has 0 aromatic heterocycles. The van der Waals surface area contributed by atoms with Crippen LogP contribution in [0.15, 0.2) is 0 Å². The van der Waals surface area contributed by atoms with Crippen LogP contribution in [-0.2, 0) is 4.79 Å². The second-order valence-electron chi connectivity index (χ2n) is 6.36. The number of hydrogen-bond donors (Lipinski definition) is 2. The molecule has 2 N–H and O–H groups in total. The third kappa shape index (κ3) is 5.65. The van der Waals surface area contributed by atoms with Crippen LogP contribution in [0.25, 0.3) is 0 Å². The van der Waals surface area contributed by atoms with Crippen LogP contribution < -0.4 is 10.6 Å². The molecule has 0 bridgehead atoms. The van der Waals surface area contributed by atoms with Crippen molar-refractivity contribution in [3.05, 3.63) is 0 Å². The van der Waals surface area contributed by atoms with Gasteiger partial charge >= 0.3 is 0 Å². The lowest BCUT2D eigenvalue weighted by Gasteiger charge is -2.28. The van der Waals surface area contributed by atoms with Crippen molar-refractivity contribution in [3.63, 3.8) is 0 Å². The molecule has 2 saturated carbocycles. The third-order valence-corrected chi connectivity index (χ3v) is 5.83. The molecule has 0 saturated heterocycles. The lowest BCUT2D eigenvalue weighted by atomic mass is 9.95. The number of carbonyl (C=O) groups excluding carboxylic acids is 1. The van der Waals surface area contributed by atoms with Gasteiger partial charge in [0.1, 0.15) is 0 Å². The number of rotatable bonds is 5. The van der Waals surface area contributed by atoms with Crippen molar-refractivity contribution in [2.45, 2.75) is 81.5 Å². The van der Waals surface area contributed by atoms with E-state index in [0.29, 0.717) is 18.6 Å². The van der Waals surface area contributed by atoms with Crippen LogP contribution in [0.1, 0.15) is 64.2 Å². The van der Waals surface area contributed by atoms with Gasteiger partial charge in [-0.1, -0.05) is 32.1 Å². The molecule has 2 atom stereocenters. The summed E-state index contributed by atoms with van der Waals surface area (Å²) in [6.07, 6.45) is 14.9. The Morgan fingerprint density at radius 1 is 1.00 bits per heavy atom. The molecular formula is C16H30N2OS. The van der Waals surface area contributed by atoms with Gasteiger partial charge in [-0.15, -0.1) is 0 Å². The Labute approximate surface area is 128 Å². The van der Waals surface area contributed by atoms with E-state index in [1.807, 2.05) is 11.8 Å². The minimum Gasteiger partial charge on any atom is -0.352 e. The highest BCUT2D eigenvalue weighted by Crippen LogP contribution is 2.26. The van der Waals surface area contributed by atoms with Gasteiger partial charge in [-0.2, -0.15) is 11.8 Å². The van der Waals surface area contributed by atoms with E-state index in [1.54, 1.807) is 0 Å². The molecular weight excluding hydrogens is 268 g/mol. The molecule has 2 aliphatic carbocycles. The fourth-order valence-electron chi connectivity index (χ4n) is 3.48. The molecule has 2 unspecified atom stereocenters. The van der Waals surface area contributed by atoms with Gasteiger partial charge in [0.15, 0.2) is 0 Å². The maximum Gasteiger partial charge on any atom is 0.234 e. The number of amides is 1. The highest BCUT2D eigenvalue weighted by Gasteiger charge is 2.22. The number of hydrogen-bond acceptors (Lipinski definition) is 3. The van der Waals surface area contributed by atoms with Crippen molar-refractivity contribution in [2.75, 3.05) is 12.8 Å². The fourth-order valence-corrected chi connectivity index (χ4v) is 4.31. The zero-order valence-corrected chi connectivity index (χ0v) is 13.6. The Morgan fingerprint density at radius 2 is 1.70 bits per heavy atom. The molecule has 4 heteroatoms. The largest absolute Gasteiger partial charge is 0.352 e. The predicted molar refractivity (Wildman–Crippen MR) is 87.2 cm³/mol. The van der Waals surface area contributed by atoms with Crippen LogP contribution >= 0.6 is 11.8 Å². The Balaban J connectivity index is 1.64. The molecule has 0 spiro atoms. The summed E-state index contributed by atoms with van der Waals surface area (Å²) in [6.45, 7) is 0.502. The van der Waals surface area contributed by atoms with Crippen molar-refractivity contribution >= 4 is 17.7 Å². The van der Waals surface area contributed by atoms with Gasteiger partial charge in [0.05, 0.1) is 6.54 Å². The molecule has 2 rings (SSSR count). The SMILES string of the molecule is CSC1CCCC(NCC(=O)NC2CCCCCC2)C1. The first-order chi connectivity index (χ1) is 9.78. The average molecular weight is 298 g/mol. The highest BCUT2D eigenvalue weighted by molar-refractivity contribution is 7.99. The van der Waals surface area contributed by atoms with Crippen LogP contribution in [0.3, 0.4) is 0 Å². The maximum absolute atomic E-state index is 12.0. The molecule has 0 aromatic carbocycles. The van der Waals surface area contributed by atoms with E-state index in [2.05, 4.69) is 16.9 Å². The van der Waals surface area contributed by atoms with Gasteiger partial charge in [-0.3, -0.25) is 4.79 Å². The van der Waals surface area contributed by atoms with Gasteiger partial charge in [0, 0.05) is 17.3 Å². The number of nitrogens with one attached hydrogen (secondary N) is 2. The fraction of sp³-hybridized carbons (Fsp3) is 0.938. The summed E-state index contributed by atoms with van der Waals surface area (Å²) in [4.78, 5) is 12.0. The van der Waals surface area contributed by atoms with Crippen LogP contribution in [0.2, 0.25) is 0 Å². The van der Waals surface area contributed by atoms with E-state index in [4.69, 9.17) is 0 Å². The molecule has 0 heterocycles. The summed E-state index contributed by atoms with van der Waals surface area (Å²) >= 11 is 1.97. The molecule has 0 radical (unpaired) electrons. The van der Waals surface area contributed by atoms with Gasteiger partial charge < -0.3 is 10.6 Å². The zero-order valence-electron chi connectivity index (χ0n) is 12.8. The average Bonchev–Trinajstić information content (AvgIpc) is 2.74. The normalized spacial score (nSPS) is 28.9. The van der Waals surface area contributed by atoms with Crippen LogP contribution in [0, 0.1) is 0 Å². The monoisotopic (exact) mass is 298 g/mol. The van der Waals surface area contributed by atoms with Crippen molar-refractivity contribution < 1.29 is 4.79 Å². The van der Waals surface area contributed by atoms with Crippen molar-refractivity contribution in [1.29, 1.82) is 0 Å². The molecule has 3 nitrogen and oxygen atoms in total. The predicted octanol–water partition coefficient (Wildman–Crippen LogP) is 3.09. The molecule has 1 amide bonds. The van der Waals surface area contributed by atoms with E-state index in [9.17, 15) is 4.79 Å². The van der Waals surface area contributed by atoms with Crippen molar-refractivity contribution in [3.8, 4) is 0 Å². The second-order valence-corrected chi connectivity index (χ2v) is 7.50. The minimum atomic E-state index is 0.197. The van der Waals surface area contributed by atoms with Crippen LogP contribution in [-0.4, -0.2) is 36.0 Å².